The van der Waals surface area contributed by atoms with Crippen LogP contribution in [0.15, 0.2) is 47.1 Å². The first kappa shape index (κ1) is 13.5. The molecule has 0 spiro atoms. The van der Waals surface area contributed by atoms with Gasteiger partial charge in [-0.25, -0.2) is 0 Å². The second-order valence-corrected chi connectivity index (χ2v) is 5.03. The van der Waals surface area contributed by atoms with Crippen LogP contribution in [-0.2, 0) is 0 Å². The monoisotopic (exact) mass is 343 g/mol. The number of ketones is 1. The van der Waals surface area contributed by atoms with Gasteiger partial charge in [0.25, 0.3) is 0 Å². The lowest BCUT2D eigenvalue weighted by molar-refractivity contribution is 0.104. The summed E-state index contributed by atoms with van der Waals surface area (Å²) in [6.07, 6.45) is 3.04. The lowest BCUT2D eigenvalue weighted by atomic mass is 10.1. The summed E-state index contributed by atoms with van der Waals surface area (Å²) in [5.41, 5.74) is 1.35. The molecule has 0 radical (unpaired) electrons. The molecule has 3 rings (SSSR count). The van der Waals surface area contributed by atoms with E-state index in [9.17, 15) is 4.79 Å². The highest BCUT2D eigenvalue weighted by Gasteiger charge is 2.14. The second-order valence-electron chi connectivity index (χ2n) is 4.24. The molecule has 0 fully saturated rings. The first-order valence-corrected chi connectivity index (χ1v) is 6.98. The van der Waals surface area contributed by atoms with Crippen LogP contribution >= 0.6 is 15.9 Å². The summed E-state index contributed by atoms with van der Waals surface area (Å²) in [4.78, 5) is 12.1. The maximum Gasteiger partial charge on any atom is 0.231 e. The van der Waals surface area contributed by atoms with Crippen molar-refractivity contribution in [3.05, 3.63) is 64.8 Å². The van der Waals surface area contributed by atoms with E-state index in [1.165, 1.54) is 6.08 Å². The molecule has 1 N–H and O–H groups in total. The van der Waals surface area contributed by atoms with Gasteiger partial charge in [0, 0.05) is 17.8 Å². The van der Waals surface area contributed by atoms with Crippen LogP contribution in [0.25, 0.3) is 0 Å². The van der Waals surface area contributed by atoms with Gasteiger partial charge in [0.15, 0.2) is 17.3 Å². The van der Waals surface area contributed by atoms with Crippen LogP contribution in [0.1, 0.15) is 10.4 Å². The number of halogens is 1. The molecule has 1 aliphatic heterocycles. The standard InChI is InChI=1S/C16H10BrNO3/c17-12-3-1-2-4-13(12)18-8-7-14(19)11-5-6-15-16(9-11)21-10-20-15/h2,4-9,18H,10H2/b8-7+. The van der Waals surface area contributed by atoms with Gasteiger partial charge in [0.05, 0.1) is 10.2 Å². The number of nitrogens with one attached hydrogen (secondary N) is 1. The number of fused-ring (bicyclic) bond motifs is 1. The predicted molar refractivity (Wildman–Crippen MR) is 81.5 cm³/mol. The minimum absolute atomic E-state index is 0.122. The molecule has 1 heterocycles. The van der Waals surface area contributed by atoms with E-state index >= 15 is 0 Å². The predicted octanol–water partition coefficient (Wildman–Crippen LogP) is 3.59. The van der Waals surface area contributed by atoms with Crippen molar-refractivity contribution >= 4 is 27.4 Å². The van der Waals surface area contributed by atoms with Crippen molar-refractivity contribution in [3.63, 3.8) is 0 Å². The number of allylic oxidation sites excluding steroid dienone is 1. The number of hydrogen-bond acceptors (Lipinski definition) is 4. The van der Waals surface area contributed by atoms with E-state index in [2.05, 4.69) is 33.4 Å². The molecular formula is C16H10BrNO3. The topological polar surface area (TPSA) is 47.6 Å². The molecule has 0 aliphatic carbocycles. The van der Waals surface area contributed by atoms with E-state index in [4.69, 9.17) is 9.47 Å². The fourth-order valence-electron chi connectivity index (χ4n) is 1.84. The first-order valence-electron chi connectivity index (χ1n) is 6.19. The number of rotatable bonds is 4. The average molecular weight is 344 g/mol. The van der Waals surface area contributed by atoms with Gasteiger partial charge in [-0.2, -0.15) is 0 Å². The molecule has 0 amide bonds. The Balaban J connectivity index is 1.69. The van der Waals surface area contributed by atoms with Crippen LogP contribution in [0, 0.1) is 12.1 Å². The van der Waals surface area contributed by atoms with Crippen molar-refractivity contribution in [3.8, 4) is 11.5 Å². The van der Waals surface area contributed by atoms with Gasteiger partial charge in [0.1, 0.15) is 0 Å². The Hall–Kier alpha value is -2.45. The smallest absolute Gasteiger partial charge is 0.231 e. The minimum Gasteiger partial charge on any atom is -0.454 e. The third-order valence-corrected chi connectivity index (χ3v) is 3.51. The molecule has 1 aliphatic rings. The number of benzene rings is 1. The maximum atomic E-state index is 12.1. The van der Waals surface area contributed by atoms with Gasteiger partial charge in [-0.1, -0.05) is 12.1 Å². The normalized spacial score (nSPS) is 12.2. The first-order chi connectivity index (χ1) is 10.2. The van der Waals surface area contributed by atoms with Crippen molar-refractivity contribution in [2.24, 2.45) is 0 Å². The largest absolute Gasteiger partial charge is 0.454 e. The van der Waals surface area contributed by atoms with Gasteiger partial charge in [-0.3, -0.25) is 4.79 Å². The molecular weight excluding hydrogens is 334 g/mol. The number of anilines is 1. The van der Waals surface area contributed by atoms with Gasteiger partial charge in [-0.15, -0.1) is 0 Å². The van der Waals surface area contributed by atoms with Crippen LogP contribution in [-0.4, -0.2) is 12.6 Å². The highest BCUT2D eigenvalue weighted by Crippen LogP contribution is 2.32. The number of ether oxygens (including phenoxy) is 2. The molecule has 5 heteroatoms. The van der Waals surface area contributed by atoms with E-state index in [0.717, 1.165) is 10.2 Å². The Morgan fingerprint density at radius 1 is 1.29 bits per heavy atom. The zero-order valence-electron chi connectivity index (χ0n) is 10.9. The van der Waals surface area contributed by atoms with Gasteiger partial charge >= 0.3 is 0 Å². The summed E-state index contributed by atoms with van der Waals surface area (Å²) in [7, 11) is 0. The molecule has 21 heavy (non-hydrogen) atoms. The van der Waals surface area contributed by atoms with Crippen molar-refractivity contribution in [2.45, 2.75) is 0 Å². The molecule has 0 aromatic heterocycles. The highest BCUT2D eigenvalue weighted by atomic mass is 79.9. The van der Waals surface area contributed by atoms with Crippen molar-refractivity contribution in [1.29, 1.82) is 0 Å². The van der Waals surface area contributed by atoms with E-state index in [1.807, 2.05) is 6.07 Å². The van der Waals surface area contributed by atoms with E-state index in [1.54, 1.807) is 30.5 Å². The lowest BCUT2D eigenvalue weighted by Gasteiger charge is -2.01. The fraction of sp³-hybridized carbons (Fsp3) is 0.0625. The molecule has 104 valence electrons. The van der Waals surface area contributed by atoms with Gasteiger partial charge in [0.2, 0.25) is 6.79 Å². The molecule has 0 atom stereocenters. The van der Waals surface area contributed by atoms with Gasteiger partial charge in [-0.05, 0) is 46.3 Å². The van der Waals surface area contributed by atoms with Crippen LogP contribution in [0.4, 0.5) is 5.69 Å². The van der Waals surface area contributed by atoms with Crippen LogP contribution in [0.3, 0.4) is 0 Å². The summed E-state index contributed by atoms with van der Waals surface area (Å²) < 4.78 is 11.2. The zero-order valence-corrected chi connectivity index (χ0v) is 12.4. The average Bonchev–Trinajstić information content (AvgIpc) is 2.96. The minimum atomic E-state index is -0.122. The molecule has 0 unspecified atom stereocenters. The summed E-state index contributed by atoms with van der Waals surface area (Å²) in [5.74, 6) is 1.13. The van der Waals surface area contributed by atoms with E-state index in [-0.39, 0.29) is 12.6 Å². The van der Waals surface area contributed by atoms with Crippen LogP contribution in [0.2, 0.25) is 0 Å². The van der Waals surface area contributed by atoms with Crippen molar-refractivity contribution in [1.82, 2.24) is 0 Å². The number of carbonyl (C=O) groups excluding carboxylic acids is 1. The summed E-state index contributed by atoms with van der Waals surface area (Å²) in [5, 5.41) is 3.01. The van der Waals surface area contributed by atoms with E-state index in [0.29, 0.717) is 17.1 Å². The van der Waals surface area contributed by atoms with E-state index < -0.39 is 0 Å². The SMILES string of the molecule is O=C(/C=C/Nc1ccc#cc1Br)c1ccc2c(c1)OCO2. The molecule has 0 bridgehead atoms. The lowest BCUT2D eigenvalue weighted by Crippen LogP contribution is -1.96. The quantitative estimate of drug-likeness (QED) is 0.680. The molecule has 2 aromatic rings. The molecule has 4 nitrogen and oxygen atoms in total. The Bertz CT molecular complexity index is 712. The fourth-order valence-corrected chi connectivity index (χ4v) is 2.20. The Kier molecular flexibility index (Phi) is 3.80. The summed E-state index contributed by atoms with van der Waals surface area (Å²) >= 11 is 3.34. The maximum absolute atomic E-state index is 12.1. The van der Waals surface area contributed by atoms with Crippen LogP contribution in [0.5, 0.6) is 11.5 Å². The molecule has 0 saturated heterocycles. The van der Waals surface area contributed by atoms with Crippen molar-refractivity contribution < 1.29 is 14.3 Å². The summed E-state index contributed by atoms with van der Waals surface area (Å²) in [6, 6.07) is 14.4. The summed E-state index contributed by atoms with van der Waals surface area (Å²) in [6.45, 7) is 0.194. The second kappa shape index (κ2) is 5.90. The number of hydrogen-bond donors (Lipinski definition) is 1. The Labute approximate surface area is 130 Å². The van der Waals surface area contributed by atoms with Gasteiger partial charge < -0.3 is 14.8 Å². The van der Waals surface area contributed by atoms with Crippen molar-refractivity contribution in [2.75, 3.05) is 12.1 Å². The Morgan fingerprint density at radius 3 is 3.00 bits per heavy atom. The highest BCUT2D eigenvalue weighted by molar-refractivity contribution is 9.10. The zero-order chi connectivity index (χ0) is 14.7. The molecule has 0 saturated carbocycles. The number of carbonyl (C=O) groups is 1. The van der Waals surface area contributed by atoms with Crippen LogP contribution < -0.4 is 14.8 Å². The Morgan fingerprint density at radius 2 is 2.14 bits per heavy atom. The molecule has 2 aromatic carbocycles. The third kappa shape index (κ3) is 3.01. The third-order valence-electron chi connectivity index (χ3n) is 2.88.